The smallest absolute Gasteiger partial charge is 0.0902 e. The van der Waals surface area contributed by atoms with Crippen LogP contribution in [0.2, 0.25) is 0 Å². The summed E-state index contributed by atoms with van der Waals surface area (Å²) in [5.41, 5.74) is 0.877. The molecule has 4 fully saturated rings. The molecule has 0 radical (unpaired) electrons. The Balaban J connectivity index is 1.75. The normalized spacial score (nSPS) is 62.1. The first kappa shape index (κ1) is 10.4. The van der Waals surface area contributed by atoms with E-state index in [0.717, 1.165) is 23.7 Å². The van der Waals surface area contributed by atoms with Crippen molar-refractivity contribution in [1.82, 2.24) is 0 Å². The van der Waals surface area contributed by atoms with Gasteiger partial charge in [-0.1, -0.05) is 12.8 Å². The van der Waals surface area contributed by atoms with Crippen LogP contribution in [0.25, 0.3) is 0 Å². The Hall–Kier alpha value is -0.400. The fourth-order valence-electron chi connectivity index (χ4n) is 7.58. The monoisotopic (exact) mass is 244 g/mol. The summed E-state index contributed by atoms with van der Waals surface area (Å²) < 4.78 is 0. The Labute approximate surface area is 110 Å². The van der Waals surface area contributed by atoms with E-state index in [2.05, 4.69) is 13.8 Å². The Morgan fingerprint density at radius 1 is 0.833 bits per heavy atom. The van der Waals surface area contributed by atoms with Crippen LogP contribution >= 0.6 is 0 Å². The molecule has 0 aromatic carbocycles. The summed E-state index contributed by atoms with van der Waals surface area (Å²) in [6.45, 7) is 4.97. The standard InChI is InChI=1S/C16H24N2/c1-14-12-10-5-6-11(9-10)13(12)15(2,18-17-14)16(14)7-3-4-8-16/h10-13H,3-9H2,1-2H3/t10-,11+,12-,13+,14-,15+. The molecule has 5 rings (SSSR count). The summed E-state index contributed by atoms with van der Waals surface area (Å²) in [7, 11) is 0. The molecule has 1 aliphatic heterocycles. The first-order valence-electron chi connectivity index (χ1n) is 8.06. The van der Waals surface area contributed by atoms with E-state index in [9.17, 15) is 0 Å². The second-order valence-corrected chi connectivity index (χ2v) is 8.17. The minimum atomic E-state index is 0.211. The van der Waals surface area contributed by atoms with Crippen LogP contribution in [0.15, 0.2) is 10.2 Å². The van der Waals surface area contributed by atoms with E-state index in [1.807, 2.05) is 0 Å². The lowest BCUT2D eigenvalue weighted by molar-refractivity contribution is 0.115. The van der Waals surface area contributed by atoms with Gasteiger partial charge in [0.15, 0.2) is 0 Å². The van der Waals surface area contributed by atoms with Crippen LogP contribution in [0.5, 0.6) is 0 Å². The molecule has 4 saturated carbocycles. The van der Waals surface area contributed by atoms with Gasteiger partial charge in [-0.05, 0) is 69.6 Å². The van der Waals surface area contributed by atoms with Gasteiger partial charge in [0, 0.05) is 5.41 Å². The van der Waals surface area contributed by atoms with Gasteiger partial charge in [0.1, 0.15) is 0 Å². The highest BCUT2D eigenvalue weighted by Crippen LogP contribution is 2.79. The van der Waals surface area contributed by atoms with Crippen LogP contribution in [-0.2, 0) is 0 Å². The molecule has 0 aromatic rings. The second-order valence-electron chi connectivity index (χ2n) is 8.17. The van der Waals surface area contributed by atoms with E-state index in [-0.39, 0.29) is 11.1 Å². The molecule has 6 atom stereocenters. The van der Waals surface area contributed by atoms with Crippen molar-refractivity contribution >= 4 is 0 Å². The number of nitrogens with zero attached hydrogens (tertiary/aromatic N) is 2. The van der Waals surface area contributed by atoms with E-state index in [1.165, 1.54) is 44.9 Å². The van der Waals surface area contributed by atoms with Crippen LogP contribution < -0.4 is 0 Å². The molecule has 1 heterocycles. The summed E-state index contributed by atoms with van der Waals surface area (Å²) >= 11 is 0. The molecule has 2 heteroatoms. The van der Waals surface area contributed by atoms with Gasteiger partial charge in [-0.3, -0.25) is 0 Å². The van der Waals surface area contributed by atoms with Gasteiger partial charge in [0.05, 0.1) is 11.1 Å². The molecule has 0 aromatic heterocycles. The number of hydrogen-bond acceptors (Lipinski definition) is 2. The summed E-state index contributed by atoms with van der Waals surface area (Å²) in [6, 6.07) is 0. The number of rotatable bonds is 0. The Morgan fingerprint density at radius 3 is 1.83 bits per heavy atom. The van der Waals surface area contributed by atoms with Crippen molar-refractivity contribution in [2.75, 3.05) is 0 Å². The van der Waals surface area contributed by atoms with Crippen molar-refractivity contribution in [1.29, 1.82) is 0 Å². The van der Waals surface area contributed by atoms with Crippen molar-refractivity contribution in [2.24, 2.45) is 39.3 Å². The lowest BCUT2D eigenvalue weighted by Crippen LogP contribution is -2.47. The average molecular weight is 244 g/mol. The third-order valence-electron chi connectivity index (χ3n) is 8.07. The highest BCUT2D eigenvalue weighted by atomic mass is 15.3. The van der Waals surface area contributed by atoms with Gasteiger partial charge in [-0.15, -0.1) is 0 Å². The molecule has 4 bridgehead atoms. The third kappa shape index (κ3) is 0.750. The zero-order valence-corrected chi connectivity index (χ0v) is 11.7. The average Bonchev–Trinajstić information content (AvgIpc) is 3.10. The first-order valence-corrected chi connectivity index (χ1v) is 8.06. The SMILES string of the molecule is C[C@]12N=N[C@](C)([C@@H]3[C@@H]4CC[C@@H](C4)[C@@H]31)C21CCCC1. The van der Waals surface area contributed by atoms with Crippen LogP contribution in [-0.4, -0.2) is 11.1 Å². The maximum atomic E-state index is 4.93. The molecule has 0 amide bonds. The summed E-state index contributed by atoms with van der Waals surface area (Å²) in [6.07, 6.45) is 10.1. The first-order chi connectivity index (χ1) is 8.62. The van der Waals surface area contributed by atoms with Crippen LogP contribution in [0, 0.1) is 29.1 Å². The molecule has 98 valence electrons. The number of hydrogen-bond donors (Lipinski definition) is 0. The Morgan fingerprint density at radius 2 is 1.33 bits per heavy atom. The van der Waals surface area contributed by atoms with E-state index < -0.39 is 0 Å². The maximum Gasteiger partial charge on any atom is 0.0902 e. The van der Waals surface area contributed by atoms with Crippen LogP contribution in [0.3, 0.4) is 0 Å². The molecule has 2 nitrogen and oxygen atoms in total. The second kappa shape index (κ2) is 2.71. The largest absolute Gasteiger partial charge is 0.186 e. The molecule has 0 N–H and O–H groups in total. The quantitative estimate of drug-likeness (QED) is 0.610. The van der Waals surface area contributed by atoms with Gasteiger partial charge in [-0.2, -0.15) is 10.2 Å². The van der Waals surface area contributed by atoms with Gasteiger partial charge < -0.3 is 0 Å². The Bertz CT molecular complexity index is 416. The van der Waals surface area contributed by atoms with Crippen molar-refractivity contribution in [3.63, 3.8) is 0 Å². The predicted octanol–water partition coefficient (Wildman–Crippen LogP) is 4.21. The summed E-state index contributed by atoms with van der Waals surface area (Å²) in [4.78, 5) is 0. The molecule has 18 heavy (non-hydrogen) atoms. The van der Waals surface area contributed by atoms with Gasteiger partial charge in [0.25, 0.3) is 0 Å². The fourth-order valence-corrected chi connectivity index (χ4v) is 7.58. The molecular formula is C16H24N2. The van der Waals surface area contributed by atoms with Gasteiger partial charge >= 0.3 is 0 Å². The van der Waals surface area contributed by atoms with E-state index in [0.29, 0.717) is 5.41 Å². The summed E-state index contributed by atoms with van der Waals surface area (Å²) in [5, 5.41) is 9.86. The topological polar surface area (TPSA) is 24.7 Å². The lowest BCUT2D eigenvalue weighted by atomic mass is 9.62. The lowest BCUT2D eigenvalue weighted by Gasteiger charge is -2.41. The molecule has 4 aliphatic carbocycles. The van der Waals surface area contributed by atoms with Crippen molar-refractivity contribution in [3.8, 4) is 0 Å². The van der Waals surface area contributed by atoms with E-state index in [1.54, 1.807) is 0 Å². The van der Waals surface area contributed by atoms with Crippen molar-refractivity contribution < 1.29 is 0 Å². The van der Waals surface area contributed by atoms with Crippen molar-refractivity contribution in [2.45, 2.75) is 69.9 Å². The highest BCUT2D eigenvalue weighted by molar-refractivity contribution is 5.33. The summed E-state index contributed by atoms with van der Waals surface area (Å²) in [5.74, 6) is 3.75. The zero-order chi connectivity index (χ0) is 12.2. The highest BCUT2D eigenvalue weighted by Gasteiger charge is 2.80. The van der Waals surface area contributed by atoms with Crippen molar-refractivity contribution in [3.05, 3.63) is 0 Å². The third-order valence-corrected chi connectivity index (χ3v) is 8.07. The minimum absolute atomic E-state index is 0.211. The molecule has 0 saturated heterocycles. The molecular weight excluding hydrogens is 220 g/mol. The number of azo groups is 1. The fraction of sp³-hybridized carbons (Fsp3) is 1.00. The van der Waals surface area contributed by atoms with Crippen LogP contribution in [0.1, 0.15) is 58.8 Å². The minimum Gasteiger partial charge on any atom is -0.186 e. The Kier molecular flexibility index (Phi) is 1.57. The van der Waals surface area contributed by atoms with Gasteiger partial charge in [-0.25, -0.2) is 0 Å². The van der Waals surface area contributed by atoms with E-state index in [4.69, 9.17) is 10.2 Å². The van der Waals surface area contributed by atoms with Crippen LogP contribution in [0.4, 0.5) is 0 Å². The maximum absolute atomic E-state index is 4.93. The van der Waals surface area contributed by atoms with E-state index >= 15 is 0 Å². The predicted molar refractivity (Wildman–Crippen MR) is 70.4 cm³/mol. The molecule has 1 spiro atoms. The number of fused-ring (bicyclic) bond motifs is 7. The molecule has 0 unspecified atom stereocenters. The zero-order valence-electron chi connectivity index (χ0n) is 11.7. The molecule has 5 aliphatic rings. The van der Waals surface area contributed by atoms with Gasteiger partial charge in [0.2, 0.25) is 0 Å².